The van der Waals surface area contributed by atoms with E-state index in [-0.39, 0.29) is 17.7 Å². The molecule has 3 aromatic rings. The molecule has 1 amide bonds. The number of hydrogen-bond acceptors (Lipinski definition) is 5. The first-order chi connectivity index (χ1) is 14.0. The number of amides is 1. The van der Waals surface area contributed by atoms with E-state index in [4.69, 9.17) is 4.42 Å². The van der Waals surface area contributed by atoms with E-state index >= 15 is 0 Å². The van der Waals surface area contributed by atoms with Crippen LogP contribution in [0.25, 0.3) is 11.0 Å². The third kappa shape index (κ3) is 4.13. The summed E-state index contributed by atoms with van der Waals surface area (Å²) >= 11 is 0. The van der Waals surface area contributed by atoms with Crippen molar-refractivity contribution >= 4 is 16.9 Å². The van der Waals surface area contributed by atoms with E-state index in [2.05, 4.69) is 34.3 Å². The van der Waals surface area contributed by atoms with Gasteiger partial charge in [-0.05, 0) is 37.7 Å². The lowest BCUT2D eigenvalue weighted by Crippen LogP contribution is -2.48. The van der Waals surface area contributed by atoms with E-state index in [1.54, 1.807) is 25.1 Å². The number of phenolic OH excluding ortho intramolecular Hbond substituents is 1. The summed E-state index contributed by atoms with van der Waals surface area (Å²) in [6.07, 6.45) is 0. The molecule has 1 aromatic heterocycles. The molecular weight excluding hydrogens is 366 g/mol. The van der Waals surface area contributed by atoms with Crippen molar-refractivity contribution in [1.82, 2.24) is 15.1 Å². The van der Waals surface area contributed by atoms with Crippen molar-refractivity contribution in [3.05, 3.63) is 65.4 Å². The SMILES string of the molecule is Cc1oc2ccc(O)cc2c1C(=O)NC[C@@H](c1ccccc1)N1CCN(C)CC1. The summed E-state index contributed by atoms with van der Waals surface area (Å²) in [4.78, 5) is 17.8. The van der Waals surface area contributed by atoms with Gasteiger partial charge in [-0.25, -0.2) is 0 Å². The monoisotopic (exact) mass is 393 g/mol. The second-order valence-electron chi connectivity index (χ2n) is 7.69. The zero-order valence-corrected chi connectivity index (χ0v) is 16.9. The van der Waals surface area contributed by atoms with Gasteiger partial charge in [0.2, 0.25) is 0 Å². The van der Waals surface area contributed by atoms with E-state index in [9.17, 15) is 9.90 Å². The summed E-state index contributed by atoms with van der Waals surface area (Å²) in [5.74, 6) is 0.493. The number of aromatic hydroxyl groups is 1. The van der Waals surface area contributed by atoms with E-state index in [0.29, 0.717) is 28.8 Å². The third-order valence-electron chi connectivity index (χ3n) is 5.69. The summed E-state index contributed by atoms with van der Waals surface area (Å²) in [5.41, 5.74) is 2.29. The quantitative estimate of drug-likeness (QED) is 0.697. The van der Waals surface area contributed by atoms with Crippen LogP contribution in [0.15, 0.2) is 52.9 Å². The average molecular weight is 393 g/mol. The summed E-state index contributed by atoms with van der Waals surface area (Å²) in [6, 6.07) is 15.3. The van der Waals surface area contributed by atoms with E-state index < -0.39 is 0 Å². The molecule has 6 heteroatoms. The van der Waals surface area contributed by atoms with Crippen LogP contribution < -0.4 is 5.32 Å². The van der Waals surface area contributed by atoms with Crippen LogP contribution in [0.1, 0.15) is 27.7 Å². The van der Waals surface area contributed by atoms with Crippen LogP contribution in [0.4, 0.5) is 0 Å². The minimum atomic E-state index is -0.179. The van der Waals surface area contributed by atoms with Crippen molar-refractivity contribution in [3.8, 4) is 5.75 Å². The first-order valence-electron chi connectivity index (χ1n) is 10.0. The fraction of sp³-hybridized carbons (Fsp3) is 0.348. The number of likely N-dealkylation sites (N-methyl/N-ethyl adjacent to an activating group) is 1. The van der Waals surface area contributed by atoms with Gasteiger partial charge in [0.25, 0.3) is 5.91 Å². The molecule has 0 saturated carbocycles. The minimum Gasteiger partial charge on any atom is -0.508 e. The number of nitrogens with one attached hydrogen (secondary N) is 1. The number of carbonyl (C=O) groups is 1. The molecule has 0 spiro atoms. The van der Waals surface area contributed by atoms with Crippen LogP contribution in [0.3, 0.4) is 0 Å². The predicted octanol–water partition coefficient (Wildman–Crippen LogP) is 3.17. The van der Waals surface area contributed by atoms with Crippen LogP contribution in [-0.4, -0.2) is 60.6 Å². The highest BCUT2D eigenvalue weighted by Gasteiger charge is 2.25. The molecule has 29 heavy (non-hydrogen) atoms. The number of furan rings is 1. The lowest BCUT2D eigenvalue weighted by molar-refractivity contribution is 0.0886. The van der Waals surface area contributed by atoms with Crippen molar-refractivity contribution in [2.24, 2.45) is 0 Å². The Kier molecular flexibility index (Phi) is 5.56. The number of rotatable bonds is 5. The maximum Gasteiger partial charge on any atom is 0.255 e. The number of fused-ring (bicyclic) bond motifs is 1. The fourth-order valence-electron chi connectivity index (χ4n) is 4.03. The Morgan fingerprint density at radius 2 is 1.86 bits per heavy atom. The fourth-order valence-corrected chi connectivity index (χ4v) is 4.03. The molecule has 0 bridgehead atoms. The largest absolute Gasteiger partial charge is 0.508 e. The highest BCUT2D eigenvalue weighted by Crippen LogP contribution is 2.29. The van der Waals surface area contributed by atoms with Crippen molar-refractivity contribution in [3.63, 3.8) is 0 Å². The standard InChI is InChI=1S/C23H27N3O3/c1-16-22(19-14-18(27)8-9-21(19)29-16)23(28)24-15-20(17-6-4-3-5-7-17)26-12-10-25(2)11-13-26/h3-9,14,20,27H,10-13,15H2,1-2H3,(H,24,28)/t20-/m0/s1. The van der Waals surface area contributed by atoms with Crippen LogP contribution in [0.5, 0.6) is 5.75 Å². The maximum absolute atomic E-state index is 13.0. The van der Waals surface area contributed by atoms with E-state index in [0.717, 1.165) is 26.2 Å². The predicted molar refractivity (Wildman–Crippen MR) is 113 cm³/mol. The van der Waals surface area contributed by atoms with E-state index in [1.165, 1.54) is 5.56 Å². The third-order valence-corrected chi connectivity index (χ3v) is 5.69. The highest BCUT2D eigenvalue weighted by atomic mass is 16.3. The molecule has 0 unspecified atom stereocenters. The molecule has 1 aliphatic heterocycles. The number of phenols is 1. The van der Waals surface area contributed by atoms with Gasteiger partial charge >= 0.3 is 0 Å². The molecule has 4 rings (SSSR count). The molecule has 152 valence electrons. The molecule has 2 heterocycles. The zero-order valence-electron chi connectivity index (χ0n) is 16.9. The van der Waals surface area contributed by atoms with Crippen molar-refractivity contribution in [1.29, 1.82) is 0 Å². The summed E-state index contributed by atoms with van der Waals surface area (Å²) < 4.78 is 5.71. The van der Waals surface area contributed by atoms with Crippen molar-refractivity contribution in [2.45, 2.75) is 13.0 Å². The van der Waals surface area contributed by atoms with Crippen LogP contribution in [0.2, 0.25) is 0 Å². The molecular formula is C23H27N3O3. The molecule has 1 saturated heterocycles. The summed E-state index contributed by atoms with van der Waals surface area (Å²) in [7, 11) is 2.14. The van der Waals surface area contributed by atoms with Gasteiger partial charge in [0.05, 0.1) is 11.6 Å². The number of aryl methyl sites for hydroxylation is 1. The molecule has 1 aliphatic rings. The van der Waals surface area contributed by atoms with Crippen LogP contribution in [0, 0.1) is 6.92 Å². The van der Waals surface area contributed by atoms with Crippen LogP contribution in [-0.2, 0) is 0 Å². The second kappa shape index (κ2) is 8.27. The molecule has 1 fully saturated rings. The Labute approximate surface area is 170 Å². The number of nitrogens with zero attached hydrogens (tertiary/aromatic N) is 2. The van der Waals surface area contributed by atoms with Gasteiger partial charge < -0.3 is 19.7 Å². The number of carbonyl (C=O) groups excluding carboxylic acids is 1. The smallest absolute Gasteiger partial charge is 0.255 e. The van der Waals surface area contributed by atoms with Gasteiger partial charge in [-0.2, -0.15) is 0 Å². The van der Waals surface area contributed by atoms with Crippen LogP contribution >= 0.6 is 0 Å². The second-order valence-corrected chi connectivity index (χ2v) is 7.69. The molecule has 6 nitrogen and oxygen atoms in total. The molecule has 0 radical (unpaired) electrons. The summed E-state index contributed by atoms with van der Waals surface area (Å²) in [6.45, 7) is 6.25. The Morgan fingerprint density at radius 1 is 1.14 bits per heavy atom. The minimum absolute atomic E-state index is 0.112. The van der Waals surface area contributed by atoms with E-state index in [1.807, 2.05) is 18.2 Å². The number of hydrogen-bond donors (Lipinski definition) is 2. The molecule has 0 aliphatic carbocycles. The Hall–Kier alpha value is -2.83. The lowest BCUT2D eigenvalue weighted by atomic mass is 10.0. The van der Waals surface area contributed by atoms with Gasteiger partial charge in [0, 0.05) is 38.1 Å². The molecule has 2 aromatic carbocycles. The van der Waals surface area contributed by atoms with Crippen molar-refractivity contribution in [2.75, 3.05) is 39.8 Å². The van der Waals surface area contributed by atoms with Gasteiger partial charge in [-0.1, -0.05) is 30.3 Å². The topological polar surface area (TPSA) is 69.0 Å². The number of piperazine rings is 1. The average Bonchev–Trinajstić information content (AvgIpc) is 3.05. The summed E-state index contributed by atoms with van der Waals surface area (Å²) in [5, 5.41) is 13.6. The Bertz CT molecular complexity index is 991. The molecule has 1 atom stereocenters. The zero-order chi connectivity index (χ0) is 20.4. The van der Waals surface area contributed by atoms with Gasteiger partial charge in [-0.3, -0.25) is 9.69 Å². The first kappa shape index (κ1) is 19.5. The van der Waals surface area contributed by atoms with Gasteiger partial charge in [0.15, 0.2) is 0 Å². The Morgan fingerprint density at radius 3 is 2.59 bits per heavy atom. The lowest BCUT2D eigenvalue weighted by Gasteiger charge is -2.38. The van der Waals surface area contributed by atoms with Gasteiger partial charge in [0.1, 0.15) is 17.1 Å². The Balaban J connectivity index is 1.55. The highest BCUT2D eigenvalue weighted by molar-refractivity contribution is 6.07. The maximum atomic E-state index is 13.0. The first-order valence-corrected chi connectivity index (χ1v) is 10.0. The normalized spacial score (nSPS) is 16.8. The van der Waals surface area contributed by atoms with Gasteiger partial charge in [-0.15, -0.1) is 0 Å². The van der Waals surface area contributed by atoms with Crippen molar-refractivity contribution < 1.29 is 14.3 Å². The number of benzene rings is 2. The molecule has 2 N–H and O–H groups in total.